The second-order valence-electron chi connectivity index (χ2n) is 4.70. The molecule has 0 saturated heterocycles. The van der Waals surface area contributed by atoms with E-state index in [2.05, 4.69) is 20.4 Å². The Kier molecular flexibility index (Phi) is 5.50. The van der Waals surface area contributed by atoms with Crippen molar-refractivity contribution < 1.29 is 9.53 Å². The average Bonchev–Trinajstić information content (AvgIpc) is 3.01. The molecule has 0 bridgehead atoms. The van der Waals surface area contributed by atoms with Crippen LogP contribution in [0.25, 0.3) is 5.78 Å². The number of benzene rings is 1. The summed E-state index contributed by atoms with van der Waals surface area (Å²) >= 11 is 7.05. The van der Waals surface area contributed by atoms with Crippen LogP contribution >= 0.6 is 23.4 Å². The van der Waals surface area contributed by atoms with Crippen molar-refractivity contribution in [3.63, 3.8) is 0 Å². The predicted molar refractivity (Wildman–Crippen MR) is 91.5 cm³/mol. The van der Waals surface area contributed by atoms with Gasteiger partial charge in [0.05, 0.1) is 12.3 Å². The fraction of sp³-hybridized carbons (Fsp3) is 0.200. The number of carbonyl (C=O) groups excluding carboxylic acids is 1. The Morgan fingerprint density at radius 2 is 2.17 bits per heavy atom. The molecule has 124 valence electrons. The average molecular weight is 364 g/mol. The van der Waals surface area contributed by atoms with Gasteiger partial charge in [-0.3, -0.25) is 4.79 Å². The van der Waals surface area contributed by atoms with E-state index in [4.69, 9.17) is 16.3 Å². The van der Waals surface area contributed by atoms with Crippen molar-refractivity contribution in [1.82, 2.24) is 24.9 Å². The number of hydrogen-bond acceptors (Lipinski definition) is 6. The van der Waals surface area contributed by atoms with E-state index in [1.165, 1.54) is 11.8 Å². The Labute approximate surface area is 147 Å². The molecule has 2 aromatic heterocycles. The number of amides is 1. The van der Waals surface area contributed by atoms with E-state index in [9.17, 15) is 4.79 Å². The molecule has 0 atom stereocenters. The largest absolute Gasteiger partial charge is 0.492 e. The van der Waals surface area contributed by atoms with Gasteiger partial charge in [0, 0.05) is 17.4 Å². The molecule has 3 rings (SSSR count). The maximum atomic E-state index is 11.8. The van der Waals surface area contributed by atoms with Gasteiger partial charge in [-0.05, 0) is 30.3 Å². The van der Waals surface area contributed by atoms with Crippen molar-refractivity contribution in [2.24, 2.45) is 0 Å². The first kappa shape index (κ1) is 16.5. The summed E-state index contributed by atoms with van der Waals surface area (Å²) in [5, 5.41) is 8.17. The van der Waals surface area contributed by atoms with E-state index in [1.54, 1.807) is 47.2 Å². The highest BCUT2D eigenvalue weighted by atomic mass is 35.5. The van der Waals surface area contributed by atoms with Gasteiger partial charge in [0.15, 0.2) is 0 Å². The molecule has 0 aliphatic carbocycles. The van der Waals surface area contributed by atoms with Crippen molar-refractivity contribution in [2.45, 2.75) is 5.16 Å². The number of fused-ring (bicyclic) bond motifs is 1. The highest BCUT2D eigenvalue weighted by Gasteiger charge is 2.08. The number of nitrogens with one attached hydrogen (secondary N) is 1. The van der Waals surface area contributed by atoms with Crippen LogP contribution in [0.4, 0.5) is 0 Å². The van der Waals surface area contributed by atoms with Gasteiger partial charge in [-0.2, -0.15) is 4.98 Å². The van der Waals surface area contributed by atoms with Gasteiger partial charge in [0.25, 0.3) is 5.78 Å². The van der Waals surface area contributed by atoms with Crippen molar-refractivity contribution in [1.29, 1.82) is 0 Å². The lowest BCUT2D eigenvalue weighted by molar-refractivity contribution is -0.118. The van der Waals surface area contributed by atoms with E-state index in [0.717, 1.165) is 0 Å². The molecule has 0 radical (unpaired) electrons. The summed E-state index contributed by atoms with van der Waals surface area (Å²) < 4.78 is 7.07. The number of aromatic nitrogens is 4. The fourth-order valence-corrected chi connectivity index (χ4v) is 2.63. The van der Waals surface area contributed by atoms with Crippen LogP contribution in [0.15, 0.2) is 47.9 Å². The Bertz CT molecular complexity index is 791. The van der Waals surface area contributed by atoms with Gasteiger partial charge in [0.1, 0.15) is 12.4 Å². The summed E-state index contributed by atoms with van der Waals surface area (Å²) in [6.07, 6.45) is 3.40. The van der Waals surface area contributed by atoms with Gasteiger partial charge >= 0.3 is 0 Å². The molecule has 1 N–H and O–H groups in total. The minimum atomic E-state index is -0.105. The van der Waals surface area contributed by atoms with Crippen LogP contribution in [-0.4, -0.2) is 44.4 Å². The van der Waals surface area contributed by atoms with Crippen LogP contribution < -0.4 is 10.1 Å². The number of ether oxygens (including phenoxy) is 1. The molecule has 0 aliphatic rings. The zero-order chi connectivity index (χ0) is 16.8. The lowest BCUT2D eigenvalue weighted by Gasteiger charge is -2.07. The molecule has 24 heavy (non-hydrogen) atoms. The minimum Gasteiger partial charge on any atom is -0.492 e. The first-order valence-corrected chi connectivity index (χ1v) is 8.52. The summed E-state index contributed by atoms with van der Waals surface area (Å²) in [7, 11) is 0. The number of halogens is 1. The number of carbonyl (C=O) groups is 1. The second kappa shape index (κ2) is 7.98. The Morgan fingerprint density at radius 3 is 2.96 bits per heavy atom. The first-order chi connectivity index (χ1) is 11.7. The predicted octanol–water partition coefficient (Wildman–Crippen LogP) is 2.06. The van der Waals surface area contributed by atoms with E-state index in [-0.39, 0.29) is 11.7 Å². The molecule has 7 nitrogen and oxygen atoms in total. The van der Waals surface area contributed by atoms with Gasteiger partial charge in [-0.1, -0.05) is 23.4 Å². The molecule has 0 saturated carbocycles. The summed E-state index contributed by atoms with van der Waals surface area (Å²) in [5.41, 5.74) is 0. The standard InChI is InChI=1S/C15H14ClN5O2S/c16-11-2-4-12(5-3-11)23-9-7-17-13(22)10-24-15-19-14-18-6-1-8-21(14)20-15/h1-6,8H,7,9-10H2,(H,17,22). The molecule has 3 aromatic rings. The maximum absolute atomic E-state index is 11.8. The van der Waals surface area contributed by atoms with E-state index < -0.39 is 0 Å². The van der Waals surface area contributed by atoms with Crippen LogP contribution in [0.2, 0.25) is 5.02 Å². The molecule has 1 amide bonds. The van der Waals surface area contributed by atoms with Crippen molar-refractivity contribution in [3.8, 4) is 5.75 Å². The number of rotatable bonds is 7. The third kappa shape index (κ3) is 4.59. The maximum Gasteiger partial charge on any atom is 0.253 e. The topological polar surface area (TPSA) is 81.4 Å². The molecular formula is C15H14ClN5O2S. The molecule has 0 fully saturated rings. The highest BCUT2D eigenvalue weighted by Crippen LogP contribution is 2.15. The quantitative estimate of drug-likeness (QED) is 0.511. The van der Waals surface area contributed by atoms with Crippen LogP contribution in [0, 0.1) is 0 Å². The van der Waals surface area contributed by atoms with Gasteiger partial charge in [-0.15, -0.1) is 5.10 Å². The van der Waals surface area contributed by atoms with Gasteiger partial charge in [-0.25, -0.2) is 9.50 Å². The minimum absolute atomic E-state index is 0.105. The normalized spacial score (nSPS) is 10.7. The molecule has 0 unspecified atom stereocenters. The lowest BCUT2D eigenvalue weighted by Crippen LogP contribution is -2.29. The molecular weight excluding hydrogens is 350 g/mol. The Hall–Kier alpha value is -2.32. The summed E-state index contributed by atoms with van der Waals surface area (Å²) in [6.45, 7) is 0.802. The molecule has 9 heteroatoms. The smallest absolute Gasteiger partial charge is 0.253 e. The monoisotopic (exact) mass is 363 g/mol. The second-order valence-corrected chi connectivity index (χ2v) is 6.08. The number of nitrogens with zero attached hydrogens (tertiary/aromatic N) is 4. The highest BCUT2D eigenvalue weighted by molar-refractivity contribution is 7.99. The summed E-state index contributed by atoms with van der Waals surface area (Å²) in [4.78, 5) is 20.1. The molecule has 2 heterocycles. The van der Waals surface area contributed by atoms with Crippen LogP contribution in [0.5, 0.6) is 5.75 Å². The summed E-state index contributed by atoms with van der Waals surface area (Å²) in [6, 6.07) is 8.83. The van der Waals surface area contributed by atoms with Gasteiger partial charge in [0.2, 0.25) is 11.1 Å². The van der Waals surface area contributed by atoms with E-state index in [0.29, 0.717) is 34.9 Å². The zero-order valence-corrected chi connectivity index (χ0v) is 14.1. The Morgan fingerprint density at radius 1 is 1.33 bits per heavy atom. The van der Waals surface area contributed by atoms with Crippen LogP contribution in [0.3, 0.4) is 0 Å². The number of thioether (sulfide) groups is 1. The number of hydrogen-bond donors (Lipinski definition) is 1. The van der Waals surface area contributed by atoms with E-state index >= 15 is 0 Å². The third-order valence-electron chi connectivity index (χ3n) is 2.94. The van der Waals surface area contributed by atoms with Crippen LogP contribution in [-0.2, 0) is 4.79 Å². The molecule has 0 aliphatic heterocycles. The van der Waals surface area contributed by atoms with Crippen molar-refractivity contribution >= 4 is 35.0 Å². The lowest BCUT2D eigenvalue weighted by atomic mass is 10.3. The van der Waals surface area contributed by atoms with Crippen LogP contribution in [0.1, 0.15) is 0 Å². The van der Waals surface area contributed by atoms with Gasteiger partial charge < -0.3 is 10.1 Å². The zero-order valence-electron chi connectivity index (χ0n) is 12.6. The SMILES string of the molecule is O=C(CSc1nc2ncccn2n1)NCCOc1ccc(Cl)cc1. The van der Waals surface area contributed by atoms with Crippen molar-refractivity contribution in [2.75, 3.05) is 18.9 Å². The summed E-state index contributed by atoms with van der Waals surface area (Å²) in [5.74, 6) is 1.35. The fourth-order valence-electron chi connectivity index (χ4n) is 1.85. The molecule has 0 spiro atoms. The van der Waals surface area contributed by atoms with E-state index in [1.807, 2.05) is 0 Å². The molecule has 1 aromatic carbocycles. The van der Waals surface area contributed by atoms with Crippen molar-refractivity contribution in [3.05, 3.63) is 47.7 Å². The third-order valence-corrected chi connectivity index (χ3v) is 4.03. The first-order valence-electron chi connectivity index (χ1n) is 7.16. The Balaban J connectivity index is 1.37.